The molecule has 1 aromatic carbocycles. The largest absolute Gasteiger partial charge is 0.327 e. The Labute approximate surface area is 82.9 Å². The molecule has 0 amide bonds. The molecule has 0 saturated carbocycles. The molecular weight excluding hydrogens is 184 g/mol. The van der Waals surface area contributed by atoms with Crippen molar-refractivity contribution in [3.8, 4) is 0 Å². The molecule has 0 spiro atoms. The van der Waals surface area contributed by atoms with Crippen molar-refractivity contribution >= 4 is 0 Å². The molecule has 0 aliphatic rings. The van der Waals surface area contributed by atoms with E-state index in [0.717, 1.165) is 18.9 Å². The minimum absolute atomic E-state index is 0.0417. The quantitative estimate of drug-likeness (QED) is 0.792. The molecule has 0 aliphatic carbocycles. The third-order valence-corrected chi connectivity index (χ3v) is 2.16. The number of halogens is 2. The normalized spacial score (nSPS) is 12.9. The van der Waals surface area contributed by atoms with Gasteiger partial charge in [0.1, 0.15) is 11.6 Å². The van der Waals surface area contributed by atoms with E-state index in [2.05, 4.69) is 0 Å². The number of hydrogen-bond donors (Lipinski definition) is 1. The lowest BCUT2D eigenvalue weighted by Crippen LogP contribution is -2.22. The Morgan fingerprint density at radius 3 is 2.64 bits per heavy atom. The van der Waals surface area contributed by atoms with Crippen LogP contribution < -0.4 is 5.73 Å². The Kier molecular flexibility index (Phi) is 4.01. The first-order chi connectivity index (χ1) is 6.63. The van der Waals surface area contributed by atoms with E-state index in [1.165, 1.54) is 12.1 Å². The highest BCUT2D eigenvalue weighted by molar-refractivity contribution is 5.19. The number of rotatable bonds is 4. The van der Waals surface area contributed by atoms with Gasteiger partial charge < -0.3 is 5.73 Å². The minimum atomic E-state index is -0.546. The molecule has 1 rings (SSSR count). The zero-order valence-corrected chi connectivity index (χ0v) is 8.26. The summed E-state index contributed by atoms with van der Waals surface area (Å²) < 4.78 is 25.7. The van der Waals surface area contributed by atoms with Gasteiger partial charge in [0.25, 0.3) is 0 Å². The van der Waals surface area contributed by atoms with Crippen molar-refractivity contribution in [2.24, 2.45) is 5.73 Å². The lowest BCUT2D eigenvalue weighted by atomic mass is 10.0. The van der Waals surface area contributed by atoms with Crippen molar-refractivity contribution < 1.29 is 8.78 Å². The molecule has 0 aliphatic heterocycles. The highest BCUT2D eigenvalue weighted by Gasteiger charge is 2.08. The van der Waals surface area contributed by atoms with E-state index in [9.17, 15) is 8.78 Å². The minimum Gasteiger partial charge on any atom is -0.327 e. The van der Waals surface area contributed by atoms with Gasteiger partial charge in [-0.1, -0.05) is 19.4 Å². The summed E-state index contributed by atoms with van der Waals surface area (Å²) >= 11 is 0. The average molecular weight is 199 g/mol. The molecule has 1 unspecified atom stereocenters. The van der Waals surface area contributed by atoms with E-state index in [1.54, 1.807) is 0 Å². The standard InChI is InChI=1S/C11H15F2N/c1-2-3-10(14)6-8-4-5-9(12)7-11(8)13/h4-5,7,10H,2-3,6,14H2,1H3. The summed E-state index contributed by atoms with van der Waals surface area (Å²) in [7, 11) is 0. The van der Waals surface area contributed by atoms with Crippen molar-refractivity contribution in [1.82, 2.24) is 0 Å². The van der Waals surface area contributed by atoms with E-state index in [1.807, 2.05) is 6.92 Å². The van der Waals surface area contributed by atoms with Gasteiger partial charge in [0.05, 0.1) is 0 Å². The van der Waals surface area contributed by atoms with E-state index in [4.69, 9.17) is 5.73 Å². The number of nitrogens with two attached hydrogens (primary N) is 1. The molecule has 0 radical (unpaired) electrons. The van der Waals surface area contributed by atoms with Crippen LogP contribution in [0, 0.1) is 11.6 Å². The van der Waals surface area contributed by atoms with Crippen LogP contribution in [0.1, 0.15) is 25.3 Å². The molecule has 14 heavy (non-hydrogen) atoms. The van der Waals surface area contributed by atoms with Crippen LogP contribution in [0.3, 0.4) is 0 Å². The molecule has 0 saturated heterocycles. The molecule has 1 nitrogen and oxygen atoms in total. The molecule has 2 N–H and O–H groups in total. The number of hydrogen-bond acceptors (Lipinski definition) is 1. The fraction of sp³-hybridized carbons (Fsp3) is 0.455. The van der Waals surface area contributed by atoms with Crippen molar-refractivity contribution in [3.63, 3.8) is 0 Å². The summed E-state index contributed by atoms with van der Waals surface area (Å²) in [6, 6.07) is 3.57. The smallest absolute Gasteiger partial charge is 0.129 e. The van der Waals surface area contributed by atoms with Gasteiger partial charge in [0.15, 0.2) is 0 Å². The van der Waals surface area contributed by atoms with Crippen molar-refractivity contribution in [3.05, 3.63) is 35.4 Å². The van der Waals surface area contributed by atoms with E-state index in [-0.39, 0.29) is 6.04 Å². The first kappa shape index (κ1) is 11.1. The maximum absolute atomic E-state index is 13.2. The molecule has 78 valence electrons. The Morgan fingerprint density at radius 1 is 1.36 bits per heavy atom. The van der Waals surface area contributed by atoms with Gasteiger partial charge in [0, 0.05) is 12.1 Å². The molecule has 1 aromatic rings. The molecule has 0 aromatic heterocycles. The predicted octanol–water partition coefficient (Wildman–Crippen LogP) is 2.63. The molecule has 0 fully saturated rings. The van der Waals surface area contributed by atoms with Crippen LogP contribution in [0.2, 0.25) is 0 Å². The fourth-order valence-electron chi connectivity index (χ4n) is 1.44. The van der Waals surface area contributed by atoms with Gasteiger partial charge in [-0.05, 0) is 24.5 Å². The average Bonchev–Trinajstić information content (AvgIpc) is 2.10. The molecule has 1 atom stereocenters. The first-order valence-electron chi connectivity index (χ1n) is 4.83. The van der Waals surface area contributed by atoms with Crippen LogP contribution in [0.25, 0.3) is 0 Å². The third-order valence-electron chi connectivity index (χ3n) is 2.16. The van der Waals surface area contributed by atoms with Crippen molar-refractivity contribution in [1.29, 1.82) is 0 Å². The maximum Gasteiger partial charge on any atom is 0.129 e. The van der Waals surface area contributed by atoms with Gasteiger partial charge in [-0.15, -0.1) is 0 Å². The Morgan fingerprint density at radius 2 is 2.07 bits per heavy atom. The first-order valence-corrected chi connectivity index (χ1v) is 4.83. The van der Waals surface area contributed by atoms with E-state index in [0.29, 0.717) is 12.0 Å². The fourth-order valence-corrected chi connectivity index (χ4v) is 1.44. The second-order valence-corrected chi connectivity index (χ2v) is 3.49. The molecule has 0 bridgehead atoms. The Bertz CT molecular complexity index is 299. The lowest BCUT2D eigenvalue weighted by molar-refractivity contribution is 0.546. The zero-order valence-electron chi connectivity index (χ0n) is 8.26. The van der Waals surface area contributed by atoms with Crippen LogP contribution in [-0.4, -0.2) is 6.04 Å². The Hall–Kier alpha value is -0.960. The van der Waals surface area contributed by atoms with Gasteiger partial charge in [-0.25, -0.2) is 8.78 Å². The molecular formula is C11H15F2N. The van der Waals surface area contributed by atoms with Crippen molar-refractivity contribution in [2.75, 3.05) is 0 Å². The Balaban J connectivity index is 2.67. The van der Waals surface area contributed by atoms with Gasteiger partial charge in [-0.3, -0.25) is 0 Å². The maximum atomic E-state index is 13.2. The zero-order chi connectivity index (χ0) is 10.6. The van der Waals surface area contributed by atoms with Crippen LogP contribution in [0.15, 0.2) is 18.2 Å². The topological polar surface area (TPSA) is 26.0 Å². The lowest BCUT2D eigenvalue weighted by Gasteiger charge is -2.10. The van der Waals surface area contributed by atoms with Gasteiger partial charge >= 0.3 is 0 Å². The van der Waals surface area contributed by atoms with E-state index >= 15 is 0 Å². The second kappa shape index (κ2) is 5.05. The third kappa shape index (κ3) is 3.07. The summed E-state index contributed by atoms with van der Waals surface area (Å²) in [5, 5.41) is 0. The van der Waals surface area contributed by atoms with Crippen LogP contribution in [0.5, 0.6) is 0 Å². The summed E-state index contributed by atoms with van der Waals surface area (Å²) in [5.74, 6) is -1.05. The van der Waals surface area contributed by atoms with Crippen molar-refractivity contribution in [2.45, 2.75) is 32.2 Å². The SMILES string of the molecule is CCCC(N)Cc1ccc(F)cc1F. The molecule has 0 heterocycles. The van der Waals surface area contributed by atoms with Gasteiger partial charge in [-0.2, -0.15) is 0 Å². The highest BCUT2D eigenvalue weighted by Crippen LogP contribution is 2.12. The predicted molar refractivity (Wildman–Crippen MR) is 52.9 cm³/mol. The summed E-state index contributed by atoms with van der Waals surface area (Å²) in [5.41, 5.74) is 6.26. The highest BCUT2D eigenvalue weighted by atomic mass is 19.1. The number of benzene rings is 1. The monoisotopic (exact) mass is 199 g/mol. The summed E-state index contributed by atoms with van der Waals surface area (Å²) in [6.45, 7) is 2.03. The molecule has 3 heteroatoms. The van der Waals surface area contributed by atoms with Gasteiger partial charge in [0.2, 0.25) is 0 Å². The van der Waals surface area contributed by atoms with Crippen LogP contribution in [0.4, 0.5) is 8.78 Å². The summed E-state index contributed by atoms with van der Waals surface area (Å²) in [6.07, 6.45) is 2.31. The van der Waals surface area contributed by atoms with E-state index < -0.39 is 11.6 Å². The van der Waals surface area contributed by atoms with Crippen LogP contribution >= 0.6 is 0 Å². The summed E-state index contributed by atoms with van der Waals surface area (Å²) in [4.78, 5) is 0. The second-order valence-electron chi connectivity index (χ2n) is 3.49. The van der Waals surface area contributed by atoms with Crippen LogP contribution in [-0.2, 0) is 6.42 Å².